The molecule has 0 aromatic heterocycles. The number of hydrogen-bond donors (Lipinski definition) is 1. The van der Waals surface area contributed by atoms with Crippen LogP contribution in [0.3, 0.4) is 0 Å². The van der Waals surface area contributed by atoms with E-state index in [9.17, 15) is 4.79 Å². The van der Waals surface area contributed by atoms with Gasteiger partial charge in [-0.25, -0.2) is 5.43 Å². The largest absolute Gasteiger partial charge is 0.493 e. The normalized spacial score (nSPS) is 10.8. The molecule has 0 heterocycles. The quantitative estimate of drug-likeness (QED) is 0.271. The lowest BCUT2D eigenvalue weighted by Gasteiger charge is -2.11. The Morgan fingerprint density at radius 3 is 2.44 bits per heavy atom. The van der Waals surface area contributed by atoms with Gasteiger partial charge in [-0.1, -0.05) is 45.8 Å². The Kier molecular flexibility index (Phi) is 8.70. The molecule has 1 N–H and O–H groups in total. The number of halogens is 2. The third-order valence-electron chi connectivity index (χ3n) is 4.36. The van der Waals surface area contributed by atoms with Gasteiger partial charge in [0.25, 0.3) is 5.91 Å². The first kappa shape index (κ1) is 23.8. The minimum atomic E-state index is -0.374. The molecule has 0 saturated carbocycles. The number of aryl methyl sites for hydroxylation is 1. The summed E-state index contributed by atoms with van der Waals surface area (Å²) in [6.07, 6.45) is 1.53. The van der Waals surface area contributed by atoms with Gasteiger partial charge < -0.3 is 14.2 Å². The fraction of sp³-hybridized carbons (Fsp3) is 0.167. The van der Waals surface area contributed by atoms with Crippen LogP contribution in [-0.4, -0.2) is 25.8 Å². The molecule has 0 bridgehead atoms. The van der Waals surface area contributed by atoms with Crippen LogP contribution < -0.4 is 19.6 Å². The predicted octanol–water partition coefficient (Wildman–Crippen LogP) is 5.64. The Balaban J connectivity index is 1.52. The van der Waals surface area contributed by atoms with Crippen molar-refractivity contribution in [3.63, 3.8) is 0 Å². The van der Waals surface area contributed by atoms with E-state index in [1.165, 1.54) is 11.8 Å². The SMILES string of the molecule is COc1cc(/C=N/NC(=O)COc2ccc(Br)cc2Br)ccc1OCc1ccc(C)cc1. The average molecular weight is 562 g/mol. The lowest BCUT2D eigenvalue weighted by Crippen LogP contribution is -2.24. The number of nitrogens with one attached hydrogen (secondary N) is 1. The minimum Gasteiger partial charge on any atom is -0.493 e. The van der Waals surface area contributed by atoms with E-state index in [0.717, 1.165) is 20.1 Å². The molecule has 0 aliphatic carbocycles. The Hall–Kier alpha value is -2.84. The van der Waals surface area contributed by atoms with E-state index in [2.05, 4.69) is 42.4 Å². The molecule has 3 aromatic rings. The zero-order valence-electron chi connectivity index (χ0n) is 17.6. The second-order valence-corrected chi connectivity index (χ2v) is 8.61. The van der Waals surface area contributed by atoms with Crippen molar-refractivity contribution in [3.8, 4) is 17.2 Å². The first-order valence-electron chi connectivity index (χ1n) is 9.71. The number of carbonyl (C=O) groups excluding carboxylic acids is 1. The van der Waals surface area contributed by atoms with E-state index in [1.54, 1.807) is 19.2 Å². The summed E-state index contributed by atoms with van der Waals surface area (Å²) < 4.78 is 18.5. The van der Waals surface area contributed by atoms with Crippen molar-refractivity contribution in [2.45, 2.75) is 13.5 Å². The second kappa shape index (κ2) is 11.7. The summed E-state index contributed by atoms with van der Waals surface area (Å²) in [6.45, 7) is 2.33. The zero-order valence-corrected chi connectivity index (χ0v) is 20.8. The van der Waals surface area contributed by atoms with Gasteiger partial charge in [-0.3, -0.25) is 4.79 Å². The molecule has 0 radical (unpaired) electrons. The molecule has 0 saturated heterocycles. The van der Waals surface area contributed by atoms with Gasteiger partial charge in [0.15, 0.2) is 18.1 Å². The lowest BCUT2D eigenvalue weighted by atomic mass is 10.2. The number of amides is 1. The van der Waals surface area contributed by atoms with Gasteiger partial charge in [-0.15, -0.1) is 0 Å². The van der Waals surface area contributed by atoms with Crippen LogP contribution in [0.25, 0.3) is 0 Å². The highest BCUT2D eigenvalue weighted by atomic mass is 79.9. The predicted molar refractivity (Wildman–Crippen MR) is 132 cm³/mol. The fourth-order valence-electron chi connectivity index (χ4n) is 2.68. The van der Waals surface area contributed by atoms with Crippen molar-refractivity contribution in [3.05, 3.63) is 86.3 Å². The van der Waals surface area contributed by atoms with Crippen LogP contribution in [0.4, 0.5) is 0 Å². The molecule has 3 rings (SSSR count). The number of methoxy groups -OCH3 is 1. The molecule has 3 aromatic carbocycles. The molecule has 6 nitrogen and oxygen atoms in total. The number of nitrogens with zero attached hydrogens (tertiary/aromatic N) is 1. The molecule has 0 spiro atoms. The lowest BCUT2D eigenvalue weighted by molar-refractivity contribution is -0.123. The standard InChI is InChI=1S/C24H22Br2N2O4/c1-16-3-5-17(6-4-16)14-31-22-9-7-18(11-23(22)30-2)13-27-28-24(29)15-32-21-10-8-19(25)12-20(21)26/h3-13H,14-15H2,1-2H3,(H,28,29)/b27-13+. The number of carbonyl (C=O) groups is 1. The van der Waals surface area contributed by atoms with Crippen molar-refractivity contribution in [1.82, 2.24) is 5.43 Å². The number of rotatable bonds is 9. The third kappa shape index (κ3) is 7.10. The summed E-state index contributed by atoms with van der Waals surface area (Å²) in [5, 5.41) is 3.98. The Morgan fingerprint density at radius 2 is 1.72 bits per heavy atom. The maximum atomic E-state index is 12.0. The summed E-state index contributed by atoms with van der Waals surface area (Å²) >= 11 is 6.76. The first-order valence-corrected chi connectivity index (χ1v) is 11.3. The van der Waals surface area contributed by atoms with E-state index in [0.29, 0.717) is 23.9 Å². The number of hydrazone groups is 1. The van der Waals surface area contributed by atoms with E-state index < -0.39 is 0 Å². The van der Waals surface area contributed by atoms with Gasteiger partial charge in [-0.05, 0) is 70.4 Å². The summed E-state index contributed by atoms with van der Waals surface area (Å²) in [4.78, 5) is 12.0. The van der Waals surface area contributed by atoms with Crippen molar-refractivity contribution in [1.29, 1.82) is 0 Å². The van der Waals surface area contributed by atoms with Crippen molar-refractivity contribution in [2.75, 3.05) is 13.7 Å². The van der Waals surface area contributed by atoms with Gasteiger partial charge >= 0.3 is 0 Å². The highest BCUT2D eigenvalue weighted by Crippen LogP contribution is 2.29. The molecular formula is C24H22Br2N2O4. The summed E-state index contributed by atoms with van der Waals surface area (Å²) in [5.74, 6) is 1.40. The summed E-state index contributed by atoms with van der Waals surface area (Å²) in [6, 6.07) is 19.0. The molecule has 0 aliphatic heterocycles. The Labute approximate surface area is 203 Å². The third-order valence-corrected chi connectivity index (χ3v) is 5.47. The molecule has 32 heavy (non-hydrogen) atoms. The Morgan fingerprint density at radius 1 is 0.969 bits per heavy atom. The maximum absolute atomic E-state index is 12.0. The molecule has 0 fully saturated rings. The van der Waals surface area contributed by atoms with Gasteiger partial charge in [0.05, 0.1) is 17.8 Å². The van der Waals surface area contributed by atoms with Crippen LogP contribution in [0.1, 0.15) is 16.7 Å². The van der Waals surface area contributed by atoms with E-state index in [1.807, 2.05) is 55.5 Å². The zero-order chi connectivity index (χ0) is 22.9. The number of ether oxygens (including phenoxy) is 3. The average Bonchev–Trinajstić information content (AvgIpc) is 2.78. The van der Waals surface area contributed by atoms with Crippen LogP contribution in [0.15, 0.2) is 74.7 Å². The van der Waals surface area contributed by atoms with Gasteiger partial charge in [0.1, 0.15) is 12.4 Å². The number of benzene rings is 3. The van der Waals surface area contributed by atoms with Crippen LogP contribution >= 0.6 is 31.9 Å². The van der Waals surface area contributed by atoms with Crippen molar-refractivity contribution in [2.24, 2.45) is 5.10 Å². The topological polar surface area (TPSA) is 69.2 Å². The second-order valence-electron chi connectivity index (χ2n) is 6.84. The minimum absolute atomic E-state index is 0.160. The molecule has 8 heteroatoms. The van der Waals surface area contributed by atoms with Gasteiger partial charge in [-0.2, -0.15) is 5.10 Å². The van der Waals surface area contributed by atoms with Crippen LogP contribution in [0.2, 0.25) is 0 Å². The van der Waals surface area contributed by atoms with Crippen LogP contribution in [0.5, 0.6) is 17.2 Å². The smallest absolute Gasteiger partial charge is 0.277 e. The van der Waals surface area contributed by atoms with Crippen molar-refractivity contribution >= 4 is 44.0 Å². The fourth-order valence-corrected chi connectivity index (χ4v) is 3.84. The Bertz CT molecular complexity index is 1100. The molecule has 0 atom stereocenters. The number of hydrogen-bond acceptors (Lipinski definition) is 5. The van der Waals surface area contributed by atoms with Crippen LogP contribution in [0, 0.1) is 6.92 Å². The molecule has 1 amide bonds. The highest BCUT2D eigenvalue weighted by molar-refractivity contribution is 9.11. The van der Waals surface area contributed by atoms with Crippen LogP contribution in [-0.2, 0) is 11.4 Å². The first-order chi connectivity index (χ1) is 15.4. The van der Waals surface area contributed by atoms with Gasteiger partial charge in [0.2, 0.25) is 0 Å². The van der Waals surface area contributed by atoms with E-state index in [-0.39, 0.29) is 12.5 Å². The van der Waals surface area contributed by atoms with Gasteiger partial charge in [0, 0.05) is 4.47 Å². The summed E-state index contributed by atoms with van der Waals surface area (Å²) in [7, 11) is 1.58. The summed E-state index contributed by atoms with van der Waals surface area (Å²) in [5.41, 5.74) is 5.47. The molecule has 166 valence electrons. The van der Waals surface area contributed by atoms with E-state index >= 15 is 0 Å². The van der Waals surface area contributed by atoms with Crippen molar-refractivity contribution < 1.29 is 19.0 Å². The molecule has 0 unspecified atom stereocenters. The maximum Gasteiger partial charge on any atom is 0.277 e. The highest BCUT2D eigenvalue weighted by Gasteiger charge is 2.07. The van der Waals surface area contributed by atoms with E-state index in [4.69, 9.17) is 14.2 Å². The molecular weight excluding hydrogens is 540 g/mol. The monoisotopic (exact) mass is 560 g/mol. The molecule has 0 aliphatic rings.